The molecule has 3 atom stereocenters. The lowest BCUT2D eigenvalue weighted by Crippen LogP contribution is -2.60. The molecule has 162 valence electrons. The van der Waals surface area contributed by atoms with E-state index in [1.54, 1.807) is 4.90 Å². The van der Waals surface area contributed by atoms with Crippen LogP contribution in [0.3, 0.4) is 0 Å². The molecule has 0 aromatic rings. The predicted octanol–water partition coefficient (Wildman–Crippen LogP) is 3.25. The van der Waals surface area contributed by atoms with E-state index in [1.165, 1.54) is 6.42 Å². The number of carbonyl (C=O) groups excluding carboxylic acids is 2. The first-order valence-corrected chi connectivity index (χ1v) is 11.1. The summed E-state index contributed by atoms with van der Waals surface area (Å²) in [5.74, 6) is 2.70. The van der Waals surface area contributed by atoms with Gasteiger partial charge in [-0.2, -0.15) is 0 Å². The van der Waals surface area contributed by atoms with Gasteiger partial charge in [-0.1, -0.05) is 0 Å². The number of ether oxygens (including phenoxy) is 1. The lowest BCUT2D eigenvalue weighted by atomic mass is 9.90. The van der Waals surface area contributed by atoms with Crippen LogP contribution in [0.5, 0.6) is 0 Å². The molecule has 0 spiro atoms. The highest BCUT2D eigenvalue weighted by atomic mass is 16.6. The molecule has 3 saturated heterocycles. The van der Waals surface area contributed by atoms with Crippen LogP contribution in [0.15, 0.2) is 0 Å². The second-order valence-electron chi connectivity index (χ2n) is 10.1. The molecule has 0 aliphatic carbocycles. The van der Waals surface area contributed by atoms with Crippen LogP contribution < -0.4 is 0 Å². The van der Waals surface area contributed by atoms with Gasteiger partial charge in [0.1, 0.15) is 11.1 Å². The maximum atomic E-state index is 13.9. The van der Waals surface area contributed by atoms with Gasteiger partial charge in [-0.15, -0.1) is 12.3 Å². The van der Waals surface area contributed by atoms with Crippen LogP contribution in [0.25, 0.3) is 0 Å². The molecule has 6 nitrogen and oxygen atoms in total. The zero-order valence-corrected chi connectivity index (χ0v) is 18.7. The number of hydrogen-bond acceptors (Lipinski definition) is 4. The summed E-state index contributed by atoms with van der Waals surface area (Å²) in [6.07, 6.45) is 10.2. The zero-order valence-electron chi connectivity index (χ0n) is 18.7. The fourth-order valence-corrected chi connectivity index (χ4v) is 5.54. The summed E-state index contributed by atoms with van der Waals surface area (Å²) in [6.45, 7) is 12.0. The molecule has 6 heteroatoms. The minimum absolute atomic E-state index is 0.00932. The van der Waals surface area contributed by atoms with Crippen LogP contribution in [0.4, 0.5) is 4.79 Å². The third-order valence-electron chi connectivity index (χ3n) is 6.62. The molecule has 29 heavy (non-hydrogen) atoms. The number of rotatable bonds is 3. The summed E-state index contributed by atoms with van der Waals surface area (Å²) < 4.78 is 5.62. The largest absolute Gasteiger partial charge is 0.444 e. The quantitative estimate of drug-likeness (QED) is 0.679. The van der Waals surface area contributed by atoms with E-state index in [0.717, 1.165) is 32.4 Å². The van der Waals surface area contributed by atoms with Crippen LogP contribution in [0.1, 0.15) is 73.1 Å². The van der Waals surface area contributed by atoms with Crippen molar-refractivity contribution < 1.29 is 14.3 Å². The van der Waals surface area contributed by atoms with Crippen LogP contribution in [-0.2, 0) is 9.53 Å². The monoisotopic (exact) mass is 403 g/mol. The molecular weight excluding hydrogens is 366 g/mol. The zero-order chi connectivity index (χ0) is 21.4. The van der Waals surface area contributed by atoms with Gasteiger partial charge in [-0.05, 0) is 66.7 Å². The summed E-state index contributed by atoms with van der Waals surface area (Å²) in [7, 11) is 0. The van der Waals surface area contributed by atoms with Crippen molar-refractivity contribution >= 4 is 12.0 Å². The molecule has 2 bridgehead atoms. The molecule has 3 heterocycles. The molecule has 0 unspecified atom stereocenters. The first-order valence-electron chi connectivity index (χ1n) is 11.1. The molecule has 3 aliphatic heterocycles. The summed E-state index contributed by atoms with van der Waals surface area (Å²) in [5.41, 5.74) is -1.58. The molecule has 3 fully saturated rings. The summed E-state index contributed by atoms with van der Waals surface area (Å²) in [4.78, 5) is 33.0. The van der Waals surface area contributed by atoms with Crippen molar-refractivity contribution in [1.29, 1.82) is 0 Å². The minimum atomic E-state index is -0.969. The van der Waals surface area contributed by atoms with Gasteiger partial charge in [0, 0.05) is 44.2 Å². The van der Waals surface area contributed by atoms with Crippen molar-refractivity contribution in [3.63, 3.8) is 0 Å². The molecule has 0 saturated carbocycles. The van der Waals surface area contributed by atoms with E-state index in [1.807, 2.05) is 25.7 Å². The fraction of sp³-hybridized carbons (Fsp3) is 0.826. The van der Waals surface area contributed by atoms with Crippen LogP contribution in [-0.4, -0.2) is 75.6 Å². The van der Waals surface area contributed by atoms with E-state index in [4.69, 9.17) is 11.2 Å². The lowest BCUT2D eigenvalue weighted by molar-refractivity contribution is -0.143. The Kier molecular flexibility index (Phi) is 6.19. The Labute approximate surface area is 175 Å². The third-order valence-corrected chi connectivity index (χ3v) is 6.62. The molecule has 0 aromatic heterocycles. The Morgan fingerprint density at radius 2 is 1.86 bits per heavy atom. The van der Waals surface area contributed by atoms with Gasteiger partial charge in [0.05, 0.1) is 0 Å². The molecule has 0 radical (unpaired) electrons. The molecular formula is C23H37N3O3. The first-order chi connectivity index (χ1) is 13.6. The van der Waals surface area contributed by atoms with Gasteiger partial charge >= 0.3 is 6.09 Å². The molecule has 3 rings (SSSR count). The molecule has 0 N–H and O–H groups in total. The Hall–Kier alpha value is -1.74. The van der Waals surface area contributed by atoms with Gasteiger partial charge in [0.2, 0.25) is 5.91 Å². The van der Waals surface area contributed by atoms with Crippen LogP contribution in [0.2, 0.25) is 0 Å². The predicted molar refractivity (Wildman–Crippen MR) is 113 cm³/mol. The number of terminal acetylenes is 1. The normalized spacial score (nSPS) is 30.4. The van der Waals surface area contributed by atoms with Crippen molar-refractivity contribution in [2.75, 3.05) is 19.6 Å². The second kappa shape index (κ2) is 8.18. The average Bonchev–Trinajstić information content (AvgIpc) is 3.14. The number of amides is 2. The Morgan fingerprint density at radius 1 is 1.17 bits per heavy atom. The summed E-state index contributed by atoms with van der Waals surface area (Å²) in [5, 5.41) is 0. The molecule has 0 aromatic carbocycles. The topological polar surface area (TPSA) is 53.1 Å². The third kappa shape index (κ3) is 4.26. The summed E-state index contributed by atoms with van der Waals surface area (Å²) in [6, 6.07) is 1.42. The van der Waals surface area contributed by atoms with Crippen molar-refractivity contribution in [2.45, 2.75) is 102 Å². The van der Waals surface area contributed by atoms with Gasteiger partial charge in [0.25, 0.3) is 0 Å². The van der Waals surface area contributed by atoms with Crippen LogP contribution in [0, 0.1) is 12.3 Å². The Bertz CT molecular complexity index is 678. The van der Waals surface area contributed by atoms with E-state index in [2.05, 4.69) is 24.7 Å². The highest BCUT2D eigenvalue weighted by Crippen LogP contribution is 2.38. The first kappa shape index (κ1) is 22.0. The highest BCUT2D eigenvalue weighted by Gasteiger charge is 2.53. The molecule has 3 aliphatic rings. The van der Waals surface area contributed by atoms with Gasteiger partial charge < -0.3 is 9.64 Å². The van der Waals surface area contributed by atoms with Crippen molar-refractivity contribution in [2.24, 2.45) is 0 Å². The van der Waals surface area contributed by atoms with E-state index in [9.17, 15) is 9.59 Å². The Balaban J connectivity index is 1.84. The number of hydrogen-bond donors (Lipinski definition) is 0. The minimum Gasteiger partial charge on any atom is -0.444 e. The van der Waals surface area contributed by atoms with Gasteiger partial charge in [0.15, 0.2) is 0 Å². The van der Waals surface area contributed by atoms with Crippen LogP contribution >= 0.6 is 0 Å². The van der Waals surface area contributed by atoms with E-state index in [0.29, 0.717) is 31.1 Å². The second-order valence-corrected chi connectivity index (χ2v) is 10.1. The lowest BCUT2D eigenvalue weighted by Gasteiger charge is -2.40. The maximum absolute atomic E-state index is 13.9. The van der Waals surface area contributed by atoms with E-state index >= 15 is 0 Å². The smallest absolute Gasteiger partial charge is 0.411 e. The molecule has 2 amide bonds. The van der Waals surface area contributed by atoms with Crippen molar-refractivity contribution in [3.05, 3.63) is 0 Å². The van der Waals surface area contributed by atoms with E-state index < -0.39 is 17.2 Å². The Morgan fingerprint density at radius 3 is 2.48 bits per heavy atom. The highest BCUT2D eigenvalue weighted by molar-refractivity contribution is 5.91. The number of likely N-dealkylation sites (tertiary alicyclic amines) is 2. The fourth-order valence-electron chi connectivity index (χ4n) is 5.54. The summed E-state index contributed by atoms with van der Waals surface area (Å²) >= 11 is 0. The van der Waals surface area contributed by atoms with Gasteiger partial charge in [-0.25, -0.2) is 4.79 Å². The maximum Gasteiger partial charge on any atom is 0.411 e. The number of nitrogens with zero attached hydrogens (tertiary/aromatic N) is 3. The number of fused-ring (bicyclic) bond motifs is 2. The van der Waals surface area contributed by atoms with E-state index in [-0.39, 0.29) is 12.3 Å². The standard InChI is InChI=1S/C23H37N3O3/c1-7-12-23(13-8-14-25(23)21(28)29-22(4,5)6)20(27)24-15-11-18-9-10-19(16-24)26(18)17(2)3/h1,17-19H,8-16H2,2-6H3/t18-,19+,23-/m1/s1. The number of carbonyl (C=O) groups is 2. The van der Waals surface area contributed by atoms with Crippen molar-refractivity contribution in [3.8, 4) is 12.3 Å². The van der Waals surface area contributed by atoms with Gasteiger partial charge in [-0.3, -0.25) is 14.6 Å². The van der Waals surface area contributed by atoms with Crippen molar-refractivity contribution in [1.82, 2.24) is 14.7 Å². The average molecular weight is 404 g/mol. The SMILES string of the molecule is C#CC[C@]1(C(=O)N2CC[C@H]3CC[C@@H](C2)N3C(C)C)CCCN1C(=O)OC(C)(C)C.